The normalized spacial score (nSPS) is 19.4. The van der Waals surface area contributed by atoms with E-state index in [0.717, 1.165) is 12.2 Å². The highest BCUT2D eigenvalue weighted by Gasteiger charge is 2.26. The Morgan fingerprint density at radius 1 is 1.28 bits per heavy atom. The van der Waals surface area contributed by atoms with Gasteiger partial charge in [-0.1, -0.05) is 30.3 Å². The Kier molecular flexibility index (Phi) is 5.45. The number of ether oxygens (including phenoxy) is 1. The summed E-state index contributed by atoms with van der Waals surface area (Å²) in [7, 11) is 3.76. The molecule has 0 bridgehead atoms. The third-order valence-corrected chi connectivity index (χ3v) is 4.17. The Labute approximate surface area is 147 Å². The predicted octanol–water partition coefficient (Wildman–Crippen LogP) is 2.24. The van der Waals surface area contributed by atoms with Gasteiger partial charge in [-0.15, -0.1) is 0 Å². The van der Waals surface area contributed by atoms with E-state index in [1.165, 1.54) is 5.56 Å². The molecule has 7 nitrogen and oxygen atoms in total. The van der Waals surface area contributed by atoms with Crippen LogP contribution in [-0.2, 0) is 4.74 Å². The van der Waals surface area contributed by atoms with E-state index < -0.39 is 0 Å². The van der Waals surface area contributed by atoms with Crippen molar-refractivity contribution in [1.82, 2.24) is 15.3 Å². The molecule has 0 unspecified atom stereocenters. The van der Waals surface area contributed by atoms with Crippen LogP contribution in [0.5, 0.6) is 0 Å². The summed E-state index contributed by atoms with van der Waals surface area (Å²) in [6.07, 6.45) is 2.53. The summed E-state index contributed by atoms with van der Waals surface area (Å²) in [5, 5.41) is 5.47. The summed E-state index contributed by atoms with van der Waals surface area (Å²) in [4.78, 5) is 22.2. The average molecular weight is 341 g/mol. The summed E-state index contributed by atoms with van der Waals surface area (Å²) in [6, 6.07) is 11.8. The van der Waals surface area contributed by atoms with Gasteiger partial charge in [-0.25, -0.2) is 9.78 Å². The zero-order valence-corrected chi connectivity index (χ0v) is 14.5. The smallest absolute Gasteiger partial charge is 0.321 e. The van der Waals surface area contributed by atoms with Gasteiger partial charge in [0.2, 0.25) is 5.95 Å². The maximum Gasteiger partial charge on any atom is 0.321 e. The molecule has 2 N–H and O–H groups in total. The molecule has 0 saturated carbocycles. The fraction of sp³-hybridized carbons (Fsp3) is 0.389. The second-order valence-electron chi connectivity index (χ2n) is 6.27. The molecule has 1 saturated heterocycles. The van der Waals surface area contributed by atoms with Gasteiger partial charge < -0.3 is 15.0 Å². The minimum absolute atomic E-state index is 0.0185. The lowest BCUT2D eigenvalue weighted by Crippen LogP contribution is -2.35. The van der Waals surface area contributed by atoms with Crippen molar-refractivity contribution in [2.75, 3.05) is 37.5 Å². The summed E-state index contributed by atoms with van der Waals surface area (Å²) in [5.74, 6) is 1.39. The van der Waals surface area contributed by atoms with Crippen molar-refractivity contribution in [2.24, 2.45) is 0 Å². The van der Waals surface area contributed by atoms with E-state index in [1.807, 2.05) is 37.2 Å². The van der Waals surface area contributed by atoms with Gasteiger partial charge in [-0.3, -0.25) is 5.32 Å². The Hall–Kier alpha value is -2.67. The second kappa shape index (κ2) is 7.94. The highest BCUT2D eigenvalue weighted by Crippen LogP contribution is 2.28. The van der Waals surface area contributed by atoms with Gasteiger partial charge in [0.1, 0.15) is 5.82 Å². The van der Waals surface area contributed by atoms with Gasteiger partial charge in [-0.05, 0) is 18.1 Å². The highest BCUT2D eigenvalue weighted by molar-refractivity contribution is 5.87. The number of amides is 2. The monoisotopic (exact) mass is 341 g/mol. The molecule has 0 aliphatic carbocycles. The van der Waals surface area contributed by atoms with Crippen LogP contribution in [0.3, 0.4) is 0 Å². The van der Waals surface area contributed by atoms with Crippen LogP contribution in [0.15, 0.2) is 42.6 Å². The zero-order chi connectivity index (χ0) is 17.6. The molecule has 2 heterocycles. The first-order valence-corrected chi connectivity index (χ1v) is 8.33. The van der Waals surface area contributed by atoms with Crippen LogP contribution in [-0.4, -0.2) is 49.4 Å². The van der Waals surface area contributed by atoms with Gasteiger partial charge in [-0.2, -0.15) is 4.98 Å². The molecule has 1 aliphatic rings. The average Bonchev–Trinajstić information content (AvgIpc) is 3.10. The lowest BCUT2D eigenvalue weighted by atomic mass is 9.96. The first kappa shape index (κ1) is 17.2. The number of nitrogens with one attached hydrogen (secondary N) is 2. The minimum atomic E-state index is -0.331. The fourth-order valence-electron chi connectivity index (χ4n) is 2.82. The molecule has 1 aromatic carbocycles. The van der Waals surface area contributed by atoms with Crippen LogP contribution in [0.1, 0.15) is 17.9 Å². The van der Waals surface area contributed by atoms with E-state index in [0.29, 0.717) is 19.1 Å². The first-order chi connectivity index (χ1) is 12.1. The number of carbonyl (C=O) groups is 1. The molecular weight excluding hydrogens is 318 g/mol. The summed E-state index contributed by atoms with van der Waals surface area (Å²) >= 11 is 0. The molecule has 1 aliphatic heterocycles. The lowest BCUT2D eigenvalue weighted by Gasteiger charge is -2.13. The van der Waals surface area contributed by atoms with Crippen molar-refractivity contribution < 1.29 is 9.53 Å². The molecule has 0 spiro atoms. The number of urea groups is 1. The van der Waals surface area contributed by atoms with Gasteiger partial charge in [0.15, 0.2) is 0 Å². The Morgan fingerprint density at radius 2 is 2.08 bits per heavy atom. The van der Waals surface area contributed by atoms with Crippen molar-refractivity contribution in [3.05, 3.63) is 48.2 Å². The van der Waals surface area contributed by atoms with E-state index in [4.69, 9.17) is 4.74 Å². The van der Waals surface area contributed by atoms with Gasteiger partial charge >= 0.3 is 6.03 Å². The Balaban J connectivity index is 1.46. The molecule has 0 radical (unpaired) electrons. The van der Waals surface area contributed by atoms with Crippen LogP contribution in [0.4, 0.5) is 16.6 Å². The third-order valence-electron chi connectivity index (χ3n) is 4.17. The quantitative estimate of drug-likeness (QED) is 0.872. The first-order valence-electron chi connectivity index (χ1n) is 8.33. The van der Waals surface area contributed by atoms with Crippen LogP contribution < -0.4 is 15.5 Å². The van der Waals surface area contributed by atoms with E-state index >= 15 is 0 Å². The number of hydrogen-bond acceptors (Lipinski definition) is 5. The van der Waals surface area contributed by atoms with Crippen molar-refractivity contribution in [3.8, 4) is 0 Å². The number of rotatable bonds is 5. The number of anilines is 2. The Morgan fingerprint density at radius 3 is 2.84 bits per heavy atom. The number of aromatic nitrogens is 2. The molecule has 1 aromatic heterocycles. The molecule has 2 aromatic rings. The summed E-state index contributed by atoms with van der Waals surface area (Å²) in [5.41, 5.74) is 1.28. The maximum absolute atomic E-state index is 12.0. The van der Waals surface area contributed by atoms with Gasteiger partial charge in [0.25, 0.3) is 0 Å². The fourth-order valence-corrected chi connectivity index (χ4v) is 2.82. The van der Waals surface area contributed by atoms with Crippen LogP contribution >= 0.6 is 0 Å². The minimum Gasteiger partial charge on any atom is -0.376 e. The Bertz CT molecular complexity index is 708. The van der Waals surface area contributed by atoms with Crippen LogP contribution in [0, 0.1) is 0 Å². The molecule has 1 fully saturated rings. The van der Waals surface area contributed by atoms with Crippen LogP contribution in [0.25, 0.3) is 0 Å². The SMILES string of the molecule is CN(C)c1ccnc(NC(=O)NC[C@@H]2C[C@H](c3ccccc3)CO2)n1. The zero-order valence-electron chi connectivity index (χ0n) is 14.5. The molecule has 2 atom stereocenters. The summed E-state index contributed by atoms with van der Waals surface area (Å²) in [6.45, 7) is 1.15. The maximum atomic E-state index is 12.0. The van der Waals surface area contributed by atoms with Crippen molar-refractivity contribution in [2.45, 2.75) is 18.4 Å². The van der Waals surface area contributed by atoms with Gasteiger partial charge in [0.05, 0.1) is 12.7 Å². The standard InChI is InChI=1S/C18H23N5O2/c1-23(2)16-8-9-19-17(21-16)22-18(24)20-11-15-10-14(12-25-15)13-6-4-3-5-7-13/h3-9,14-15H,10-12H2,1-2H3,(H2,19,20,21,22,24)/t14-,15-/m0/s1. The van der Waals surface area contributed by atoms with E-state index in [-0.39, 0.29) is 18.1 Å². The van der Waals surface area contributed by atoms with Crippen LogP contribution in [0.2, 0.25) is 0 Å². The molecule has 3 rings (SSSR count). The van der Waals surface area contributed by atoms with E-state index in [2.05, 4.69) is 32.7 Å². The molecular formula is C18H23N5O2. The van der Waals surface area contributed by atoms with E-state index in [1.54, 1.807) is 12.3 Å². The lowest BCUT2D eigenvalue weighted by molar-refractivity contribution is 0.110. The predicted molar refractivity (Wildman–Crippen MR) is 96.9 cm³/mol. The second-order valence-corrected chi connectivity index (χ2v) is 6.27. The number of hydrogen-bond donors (Lipinski definition) is 2. The molecule has 132 valence electrons. The molecule has 25 heavy (non-hydrogen) atoms. The number of carbonyl (C=O) groups excluding carboxylic acids is 1. The number of nitrogens with zero attached hydrogens (tertiary/aromatic N) is 3. The van der Waals surface area contributed by atoms with Crippen molar-refractivity contribution in [3.63, 3.8) is 0 Å². The summed E-state index contributed by atoms with van der Waals surface area (Å²) < 4.78 is 5.79. The van der Waals surface area contributed by atoms with Gasteiger partial charge in [0, 0.05) is 32.8 Å². The number of benzene rings is 1. The molecule has 2 amide bonds. The highest BCUT2D eigenvalue weighted by atomic mass is 16.5. The third kappa shape index (κ3) is 4.67. The topological polar surface area (TPSA) is 79.4 Å². The van der Waals surface area contributed by atoms with Crippen molar-refractivity contribution in [1.29, 1.82) is 0 Å². The van der Waals surface area contributed by atoms with E-state index in [9.17, 15) is 4.79 Å². The van der Waals surface area contributed by atoms with Crippen molar-refractivity contribution >= 4 is 17.8 Å². The molecule has 7 heteroatoms. The largest absolute Gasteiger partial charge is 0.376 e.